The van der Waals surface area contributed by atoms with Crippen LogP contribution < -0.4 is 5.32 Å². The Morgan fingerprint density at radius 2 is 2.19 bits per heavy atom. The number of para-hydroxylation sites is 1. The number of imidazole rings is 1. The van der Waals surface area contributed by atoms with Gasteiger partial charge in [-0.15, -0.1) is 0 Å². The fourth-order valence-corrected chi connectivity index (χ4v) is 1.98. The number of benzene rings is 1. The highest BCUT2D eigenvalue weighted by Crippen LogP contribution is 2.17. The van der Waals surface area contributed by atoms with Crippen molar-refractivity contribution in [3.05, 3.63) is 58.7 Å². The summed E-state index contributed by atoms with van der Waals surface area (Å²) >= 11 is 0. The molecular weight excluding hydrogens is 272 g/mol. The lowest BCUT2D eigenvalue weighted by molar-refractivity contribution is -0.385. The maximum Gasteiger partial charge on any atom is 0.273 e. The molecule has 7 nitrogen and oxygen atoms in total. The lowest BCUT2D eigenvalue weighted by Crippen LogP contribution is -2.27. The van der Waals surface area contributed by atoms with Gasteiger partial charge in [-0.05, 0) is 6.42 Å². The van der Waals surface area contributed by atoms with Crippen LogP contribution >= 0.6 is 0 Å². The number of rotatable bonds is 7. The molecule has 0 atom stereocenters. The second kappa shape index (κ2) is 7.18. The van der Waals surface area contributed by atoms with E-state index in [4.69, 9.17) is 0 Å². The molecule has 0 bridgehead atoms. The first-order chi connectivity index (χ1) is 10.2. The highest BCUT2D eigenvalue weighted by Gasteiger charge is 2.14. The number of amides is 1. The lowest BCUT2D eigenvalue weighted by Gasteiger charge is -2.06. The van der Waals surface area contributed by atoms with Gasteiger partial charge < -0.3 is 9.88 Å². The van der Waals surface area contributed by atoms with Gasteiger partial charge in [0.15, 0.2) is 0 Å². The molecular formula is C14H16N4O3. The summed E-state index contributed by atoms with van der Waals surface area (Å²) in [5.74, 6) is -0.213. The van der Waals surface area contributed by atoms with E-state index in [9.17, 15) is 14.9 Å². The van der Waals surface area contributed by atoms with Crippen LogP contribution in [0.3, 0.4) is 0 Å². The monoisotopic (exact) mass is 288 g/mol. The van der Waals surface area contributed by atoms with E-state index in [1.54, 1.807) is 30.7 Å². The summed E-state index contributed by atoms with van der Waals surface area (Å²) in [5, 5.41) is 13.6. The molecule has 110 valence electrons. The molecule has 1 N–H and O–H groups in total. The normalized spacial score (nSPS) is 10.3. The zero-order valence-electron chi connectivity index (χ0n) is 11.4. The van der Waals surface area contributed by atoms with E-state index in [-0.39, 0.29) is 18.0 Å². The van der Waals surface area contributed by atoms with Crippen molar-refractivity contribution >= 4 is 11.6 Å². The Morgan fingerprint density at radius 3 is 2.90 bits per heavy atom. The highest BCUT2D eigenvalue weighted by atomic mass is 16.6. The molecule has 0 fully saturated rings. The summed E-state index contributed by atoms with van der Waals surface area (Å²) in [6.07, 6.45) is 6.07. The van der Waals surface area contributed by atoms with Crippen LogP contribution in [0.5, 0.6) is 0 Å². The number of carbonyl (C=O) groups is 1. The van der Waals surface area contributed by atoms with Gasteiger partial charge in [0.1, 0.15) is 0 Å². The second-order valence-electron chi connectivity index (χ2n) is 4.57. The Labute approximate surface area is 121 Å². The molecule has 7 heteroatoms. The van der Waals surface area contributed by atoms with Gasteiger partial charge in [0, 0.05) is 37.1 Å². The number of nitro benzene ring substituents is 1. The van der Waals surface area contributed by atoms with Gasteiger partial charge in [0.2, 0.25) is 5.91 Å². The van der Waals surface area contributed by atoms with Crippen LogP contribution in [0.1, 0.15) is 12.0 Å². The number of hydrogen-bond acceptors (Lipinski definition) is 4. The number of nitro groups is 1. The van der Waals surface area contributed by atoms with Gasteiger partial charge in [-0.2, -0.15) is 0 Å². The summed E-state index contributed by atoms with van der Waals surface area (Å²) in [6, 6.07) is 6.28. The van der Waals surface area contributed by atoms with Crippen molar-refractivity contribution in [2.24, 2.45) is 0 Å². The summed E-state index contributed by atoms with van der Waals surface area (Å²) in [5.41, 5.74) is 0.403. The third-order valence-corrected chi connectivity index (χ3v) is 3.01. The standard InChI is InChI=1S/C14H16N4O3/c19-14(16-6-3-8-17-9-7-15-11-17)10-12-4-1-2-5-13(12)18(20)21/h1-2,4-5,7,9,11H,3,6,8,10H2,(H,16,19). The number of hydrogen-bond donors (Lipinski definition) is 1. The molecule has 2 aromatic rings. The van der Waals surface area contributed by atoms with Crippen LogP contribution in [0.4, 0.5) is 5.69 Å². The van der Waals surface area contributed by atoms with Crippen LogP contribution in [0.15, 0.2) is 43.0 Å². The Hall–Kier alpha value is -2.70. The van der Waals surface area contributed by atoms with Crippen molar-refractivity contribution in [2.45, 2.75) is 19.4 Å². The summed E-state index contributed by atoms with van der Waals surface area (Å²) in [7, 11) is 0. The number of carbonyl (C=O) groups excluding carboxylic acids is 1. The molecule has 0 spiro atoms. The average Bonchev–Trinajstić information content (AvgIpc) is 2.97. The molecule has 1 amide bonds. The zero-order chi connectivity index (χ0) is 15.1. The van der Waals surface area contributed by atoms with E-state index in [1.165, 1.54) is 6.07 Å². The Kier molecular flexibility index (Phi) is 5.03. The van der Waals surface area contributed by atoms with Crippen LogP contribution in [0.25, 0.3) is 0 Å². The molecule has 1 heterocycles. The van der Waals surface area contributed by atoms with E-state index in [0.717, 1.165) is 13.0 Å². The summed E-state index contributed by atoms with van der Waals surface area (Å²) in [4.78, 5) is 26.1. The topological polar surface area (TPSA) is 90.1 Å². The SMILES string of the molecule is O=C(Cc1ccccc1[N+](=O)[O-])NCCCn1ccnc1. The minimum absolute atomic E-state index is 0.0161. The molecule has 0 aliphatic rings. The van der Waals surface area contributed by atoms with E-state index in [1.807, 2.05) is 10.8 Å². The molecule has 0 aliphatic heterocycles. The van der Waals surface area contributed by atoms with Crippen molar-refractivity contribution in [3.8, 4) is 0 Å². The predicted molar refractivity (Wildman–Crippen MR) is 76.7 cm³/mol. The molecule has 0 radical (unpaired) electrons. The van der Waals surface area contributed by atoms with E-state index in [0.29, 0.717) is 12.1 Å². The summed E-state index contributed by atoms with van der Waals surface area (Å²) in [6.45, 7) is 1.30. The fraction of sp³-hybridized carbons (Fsp3) is 0.286. The molecule has 0 aliphatic carbocycles. The maximum atomic E-state index is 11.8. The van der Waals surface area contributed by atoms with E-state index >= 15 is 0 Å². The third-order valence-electron chi connectivity index (χ3n) is 3.01. The quantitative estimate of drug-likeness (QED) is 0.475. The molecule has 0 saturated heterocycles. The molecule has 0 unspecified atom stereocenters. The maximum absolute atomic E-state index is 11.8. The molecule has 2 rings (SSSR count). The minimum atomic E-state index is -0.471. The van der Waals surface area contributed by atoms with Gasteiger partial charge >= 0.3 is 0 Å². The molecule has 1 aromatic heterocycles. The number of nitrogens with zero attached hydrogens (tertiary/aromatic N) is 3. The Bertz CT molecular complexity index is 610. The first-order valence-electron chi connectivity index (χ1n) is 6.61. The van der Waals surface area contributed by atoms with Crippen molar-refractivity contribution < 1.29 is 9.72 Å². The average molecular weight is 288 g/mol. The molecule has 0 saturated carbocycles. The van der Waals surface area contributed by atoms with Gasteiger partial charge in [-0.1, -0.05) is 18.2 Å². The van der Waals surface area contributed by atoms with Crippen molar-refractivity contribution in [2.75, 3.05) is 6.54 Å². The van der Waals surface area contributed by atoms with Crippen molar-refractivity contribution in [1.29, 1.82) is 0 Å². The lowest BCUT2D eigenvalue weighted by atomic mass is 10.1. The van der Waals surface area contributed by atoms with E-state index < -0.39 is 4.92 Å². The second-order valence-corrected chi connectivity index (χ2v) is 4.57. The first-order valence-corrected chi connectivity index (χ1v) is 6.61. The number of aryl methyl sites for hydroxylation is 1. The number of nitrogens with one attached hydrogen (secondary N) is 1. The third kappa shape index (κ3) is 4.41. The van der Waals surface area contributed by atoms with Crippen LogP contribution in [-0.2, 0) is 17.8 Å². The molecule has 21 heavy (non-hydrogen) atoms. The van der Waals surface area contributed by atoms with Gasteiger partial charge in [0.05, 0.1) is 17.7 Å². The van der Waals surface area contributed by atoms with Crippen molar-refractivity contribution in [3.63, 3.8) is 0 Å². The van der Waals surface area contributed by atoms with Crippen LogP contribution in [-0.4, -0.2) is 26.9 Å². The van der Waals surface area contributed by atoms with Crippen LogP contribution in [0.2, 0.25) is 0 Å². The smallest absolute Gasteiger partial charge is 0.273 e. The Morgan fingerprint density at radius 1 is 1.38 bits per heavy atom. The largest absolute Gasteiger partial charge is 0.356 e. The summed E-state index contributed by atoms with van der Waals surface area (Å²) < 4.78 is 1.92. The van der Waals surface area contributed by atoms with Gasteiger partial charge in [-0.25, -0.2) is 4.98 Å². The first kappa shape index (κ1) is 14.7. The highest BCUT2D eigenvalue weighted by molar-refractivity contribution is 5.79. The number of aromatic nitrogens is 2. The predicted octanol–water partition coefficient (Wildman–Crippen LogP) is 1.54. The Balaban J connectivity index is 1.78. The van der Waals surface area contributed by atoms with Crippen LogP contribution in [0, 0.1) is 10.1 Å². The minimum Gasteiger partial charge on any atom is -0.356 e. The van der Waals surface area contributed by atoms with Gasteiger partial charge in [-0.3, -0.25) is 14.9 Å². The zero-order valence-corrected chi connectivity index (χ0v) is 11.4. The van der Waals surface area contributed by atoms with Crippen molar-refractivity contribution in [1.82, 2.24) is 14.9 Å². The van der Waals surface area contributed by atoms with Gasteiger partial charge in [0.25, 0.3) is 5.69 Å². The van der Waals surface area contributed by atoms with E-state index in [2.05, 4.69) is 10.3 Å². The fourth-order valence-electron chi connectivity index (χ4n) is 1.98. The molecule has 1 aromatic carbocycles.